The maximum atomic E-state index is 14.2. The van der Waals surface area contributed by atoms with Crippen molar-refractivity contribution in [1.29, 1.82) is 0 Å². The molecule has 1 saturated heterocycles. The van der Waals surface area contributed by atoms with Crippen molar-refractivity contribution in [3.05, 3.63) is 66.0 Å². The number of fused-ring (bicyclic) bond motifs is 1. The van der Waals surface area contributed by atoms with Crippen molar-refractivity contribution in [3.63, 3.8) is 0 Å². The van der Waals surface area contributed by atoms with Crippen molar-refractivity contribution in [2.24, 2.45) is 0 Å². The highest BCUT2D eigenvalue weighted by atomic mass is 19.2. The molecule has 29 heavy (non-hydrogen) atoms. The van der Waals surface area contributed by atoms with Gasteiger partial charge in [0.15, 0.2) is 11.6 Å². The lowest BCUT2D eigenvalue weighted by molar-refractivity contribution is 0.464. The number of benzene rings is 2. The summed E-state index contributed by atoms with van der Waals surface area (Å²) in [5.41, 5.74) is 0.719. The predicted molar refractivity (Wildman–Crippen MR) is 100 cm³/mol. The number of nitrogens with zero attached hydrogens (tertiary/aromatic N) is 5. The highest BCUT2D eigenvalue weighted by molar-refractivity contribution is 5.76. The number of anilines is 1. The number of halogens is 3. The fourth-order valence-corrected chi connectivity index (χ4v) is 4.02. The first-order chi connectivity index (χ1) is 14.0. The van der Waals surface area contributed by atoms with Gasteiger partial charge >= 0.3 is 0 Å². The van der Waals surface area contributed by atoms with E-state index in [2.05, 4.69) is 26.2 Å². The van der Waals surface area contributed by atoms with E-state index in [4.69, 9.17) is 0 Å². The molecule has 0 saturated carbocycles. The van der Waals surface area contributed by atoms with Crippen LogP contribution in [0.2, 0.25) is 0 Å². The number of rotatable bonds is 3. The number of H-pyrrole nitrogens is 1. The van der Waals surface area contributed by atoms with Gasteiger partial charge in [-0.15, -0.1) is 4.80 Å². The van der Waals surface area contributed by atoms with Crippen LogP contribution in [0.4, 0.5) is 18.9 Å². The third kappa shape index (κ3) is 2.68. The molecule has 0 bridgehead atoms. The molecule has 1 atom stereocenters. The monoisotopic (exact) mass is 397 g/mol. The Bertz CT molecular complexity index is 1200. The topological polar surface area (TPSA) is 62.6 Å². The van der Waals surface area contributed by atoms with Crippen LogP contribution in [0.3, 0.4) is 0 Å². The van der Waals surface area contributed by atoms with E-state index in [9.17, 15) is 13.2 Å². The first kappa shape index (κ1) is 17.7. The van der Waals surface area contributed by atoms with Gasteiger partial charge in [0.05, 0.1) is 29.1 Å². The SMILES string of the molecule is C[C@@]1(c2nc3c(F)c(F)ccc3[nH]2)CCCN1c1cc(F)c[c]c1-n1nccn1. The lowest BCUT2D eigenvalue weighted by atomic mass is 9.97. The van der Waals surface area contributed by atoms with Crippen LogP contribution in [0, 0.1) is 23.5 Å². The summed E-state index contributed by atoms with van der Waals surface area (Å²) >= 11 is 0. The molecule has 2 aromatic heterocycles. The van der Waals surface area contributed by atoms with Crippen molar-refractivity contribution in [2.75, 3.05) is 11.4 Å². The van der Waals surface area contributed by atoms with Crippen LogP contribution in [0.25, 0.3) is 16.7 Å². The van der Waals surface area contributed by atoms with Gasteiger partial charge in [0.2, 0.25) is 0 Å². The first-order valence-electron chi connectivity index (χ1n) is 9.17. The van der Waals surface area contributed by atoms with Gasteiger partial charge in [-0.25, -0.2) is 18.2 Å². The molecule has 4 aromatic rings. The molecule has 1 aliphatic rings. The third-order valence-corrected chi connectivity index (χ3v) is 5.47. The lowest BCUT2D eigenvalue weighted by Gasteiger charge is -2.36. The fraction of sp³-hybridized carbons (Fsp3) is 0.250. The van der Waals surface area contributed by atoms with Crippen LogP contribution in [-0.2, 0) is 5.54 Å². The first-order valence-corrected chi connectivity index (χ1v) is 9.17. The Kier molecular flexibility index (Phi) is 3.87. The maximum absolute atomic E-state index is 14.2. The third-order valence-electron chi connectivity index (χ3n) is 5.47. The number of imidazole rings is 1. The molecule has 5 rings (SSSR count). The average Bonchev–Trinajstić information content (AvgIpc) is 3.44. The molecule has 0 aliphatic carbocycles. The summed E-state index contributed by atoms with van der Waals surface area (Å²) in [4.78, 5) is 10.8. The van der Waals surface area contributed by atoms with E-state index in [-0.39, 0.29) is 5.52 Å². The van der Waals surface area contributed by atoms with E-state index < -0.39 is 23.0 Å². The number of hydrogen-bond acceptors (Lipinski definition) is 4. The second kappa shape index (κ2) is 6.33. The van der Waals surface area contributed by atoms with E-state index in [0.717, 1.165) is 12.5 Å². The van der Waals surface area contributed by atoms with E-state index in [1.807, 2.05) is 11.8 Å². The van der Waals surface area contributed by atoms with Gasteiger partial charge < -0.3 is 9.88 Å². The Morgan fingerprint density at radius 3 is 2.76 bits per heavy atom. The Hall–Kier alpha value is -3.36. The summed E-state index contributed by atoms with van der Waals surface area (Å²) in [5, 5.41) is 8.27. The Labute approximate surface area is 164 Å². The summed E-state index contributed by atoms with van der Waals surface area (Å²) in [6, 6.07) is 8.06. The Balaban J connectivity index is 1.66. The second-order valence-corrected chi connectivity index (χ2v) is 7.24. The molecule has 6 nitrogen and oxygen atoms in total. The standard InChI is InChI=1S/C20H16F3N6/c1-20(19-26-14-5-4-13(22)17(23)18(14)27-19)7-2-10-28(20)16-11-12(21)3-6-15(16)29-24-8-9-25-29/h3-5,8-9,11H,2,7,10H2,1H3,(H,26,27)/t20-/m0/s1. The van der Waals surface area contributed by atoms with E-state index in [1.54, 1.807) is 0 Å². The zero-order valence-corrected chi connectivity index (χ0v) is 15.5. The molecule has 2 aromatic carbocycles. The molecule has 0 spiro atoms. The van der Waals surface area contributed by atoms with Crippen LogP contribution in [0.1, 0.15) is 25.6 Å². The predicted octanol–water partition coefficient (Wildman–Crippen LogP) is 3.88. The van der Waals surface area contributed by atoms with Crippen LogP contribution in [0.15, 0.2) is 36.7 Å². The number of aromatic nitrogens is 5. The second-order valence-electron chi connectivity index (χ2n) is 7.24. The molecule has 1 N–H and O–H groups in total. The van der Waals surface area contributed by atoms with Gasteiger partial charge in [-0.2, -0.15) is 10.2 Å². The van der Waals surface area contributed by atoms with Crippen LogP contribution in [-0.4, -0.2) is 31.5 Å². The molecule has 9 heteroatoms. The minimum Gasteiger partial charge on any atom is -0.357 e. The number of aromatic amines is 1. The summed E-state index contributed by atoms with van der Waals surface area (Å²) in [6.07, 6.45) is 4.56. The van der Waals surface area contributed by atoms with Crippen molar-refractivity contribution in [1.82, 2.24) is 25.0 Å². The number of hydrogen-bond donors (Lipinski definition) is 1. The summed E-state index contributed by atoms with van der Waals surface area (Å²) < 4.78 is 42.0. The highest BCUT2D eigenvalue weighted by Gasteiger charge is 2.42. The molecule has 1 radical (unpaired) electrons. The molecule has 147 valence electrons. The molecular formula is C20H16F3N6. The fourth-order valence-electron chi connectivity index (χ4n) is 4.02. The van der Waals surface area contributed by atoms with Crippen molar-refractivity contribution in [3.8, 4) is 5.69 Å². The summed E-state index contributed by atoms with van der Waals surface area (Å²) in [6.45, 7) is 2.56. The van der Waals surface area contributed by atoms with E-state index >= 15 is 0 Å². The van der Waals surface area contributed by atoms with Crippen molar-refractivity contribution >= 4 is 16.7 Å². The molecule has 0 unspecified atom stereocenters. The van der Waals surface area contributed by atoms with Crippen molar-refractivity contribution in [2.45, 2.75) is 25.3 Å². The highest BCUT2D eigenvalue weighted by Crippen LogP contribution is 2.43. The van der Waals surface area contributed by atoms with Crippen molar-refractivity contribution < 1.29 is 13.2 Å². The largest absolute Gasteiger partial charge is 0.357 e. The molecule has 1 aliphatic heterocycles. The minimum atomic E-state index is -0.987. The lowest BCUT2D eigenvalue weighted by Crippen LogP contribution is -2.40. The minimum absolute atomic E-state index is 0.0483. The van der Waals surface area contributed by atoms with Gasteiger partial charge in [-0.3, -0.25) is 0 Å². The molecule has 1 fully saturated rings. The van der Waals surface area contributed by atoms with Gasteiger partial charge in [-0.05, 0) is 44.0 Å². The molecule has 3 heterocycles. The van der Waals surface area contributed by atoms with Crippen LogP contribution in [0.5, 0.6) is 0 Å². The zero-order valence-electron chi connectivity index (χ0n) is 15.5. The van der Waals surface area contributed by atoms with Gasteiger partial charge in [0, 0.05) is 12.6 Å². The van der Waals surface area contributed by atoms with E-state index in [1.165, 1.54) is 35.4 Å². The number of nitrogens with one attached hydrogen (secondary N) is 1. The molecule has 0 amide bonds. The summed E-state index contributed by atoms with van der Waals surface area (Å²) in [5.74, 6) is -1.89. The maximum Gasteiger partial charge on any atom is 0.186 e. The molecular weight excluding hydrogens is 381 g/mol. The van der Waals surface area contributed by atoms with Crippen LogP contribution >= 0.6 is 0 Å². The quantitative estimate of drug-likeness (QED) is 0.570. The smallest absolute Gasteiger partial charge is 0.186 e. The van der Waals surface area contributed by atoms with E-state index in [0.29, 0.717) is 35.7 Å². The van der Waals surface area contributed by atoms with Gasteiger partial charge in [0.1, 0.15) is 22.8 Å². The Morgan fingerprint density at radius 2 is 1.97 bits per heavy atom. The van der Waals surface area contributed by atoms with Gasteiger partial charge in [0.25, 0.3) is 0 Å². The normalized spacial score (nSPS) is 19.4. The van der Waals surface area contributed by atoms with Crippen LogP contribution < -0.4 is 4.90 Å². The van der Waals surface area contributed by atoms with Gasteiger partial charge in [-0.1, -0.05) is 0 Å². The average molecular weight is 397 g/mol. The zero-order chi connectivity index (χ0) is 20.2. The summed E-state index contributed by atoms with van der Waals surface area (Å²) in [7, 11) is 0. The Morgan fingerprint density at radius 1 is 1.17 bits per heavy atom.